The first-order chi connectivity index (χ1) is 10.2. The average molecular weight is 284 g/mol. The van der Waals surface area contributed by atoms with Gasteiger partial charge in [0, 0.05) is 19.1 Å². The van der Waals surface area contributed by atoms with Crippen LogP contribution in [-0.2, 0) is 11.2 Å². The number of carbonyl (C=O) groups is 1. The standard InChI is InChI=1S/C18H20O3/c1-3-18(19)15-6-10-17(11-7-15)21-16-8-4-14(5-9-16)12-13-20-2/h4-11H,3,12-13H2,1-2H3. The topological polar surface area (TPSA) is 35.5 Å². The maximum Gasteiger partial charge on any atom is 0.162 e. The summed E-state index contributed by atoms with van der Waals surface area (Å²) in [7, 11) is 1.70. The van der Waals surface area contributed by atoms with Crippen molar-refractivity contribution in [3.63, 3.8) is 0 Å². The lowest BCUT2D eigenvalue weighted by atomic mass is 10.1. The normalized spacial score (nSPS) is 10.4. The quantitative estimate of drug-likeness (QED) is 0.713. The van der Waals surface area contributed by atoms with Gasteiger partial charge in [0.2, 0.25) is 0 Å². The summed E-state index contributed by atoms with van der Waals surface area (Å²) < 4.78 is 10.8. The summed E-state index contributed by atoms with van der Waals surface area (Å²) in [5.41, 5.74) is 1.94. The zero-order valence-corrected chi connectivity index (χ0v) is 12.5. The highest BCUT2D eigenvalue weighted by Crippen LogP contribution is 2.22. The van der Waals surface area contributed by atoms with Crippen molar-refractivity contribution in [2.45, 2.75) is 19.8 Å². The Morgan fingerprint density at radius 2 is 1.52 bits per heavy atom. The van der Waals surface area contributed by atoms with Gasteiger partial charge >= 0.3 is 0 Å². The third-order valence-electron chi connectivity index (χ3n) is 3.25. The molecule has 0 atom stereocenters. The van der Waals surface area contributed by atoms with Crippen LogP contribution in [-0.4, -0.2) is 19.5 Å². The Labute approximate surface area is 125 Å². The highest BCUT2D eigenvalue weighted by Gasteiger charge is 2.03. The van der Waals surface area contributed by atoms with E-state index in [1.54, 1.807) is 19.2 Å². The van der Waals surface area contributed by atoms with Crippen LogP contribution in [0.2, 0.25) is 0 Å². The second kappa shape index (κ2) is 7.60. The molecule has 0 aromatic heterocycles. The molecule has 21 heavy (non-hydrogen) atoms. The predicted molar refractivity (Wildman–Crippen MR) is 83.2 cm³/mol. The van der Waals surface area contributed by atoms with Gasteiger partial charge in [-0.3, -0.25) is 4.79 Å². The smallest absolute Gasteiger partial charge is 0.162 e. The largest absolute Gasteiger partial charge is 0.457 e. The third-order valence-corrected chi connectivity index (χ3v) is 3.25. The lowest BCUT2D eigenvalue weighted by molar-refractivity contribution is 0.0988. The van der Waals surface area contributed by atoms with Gasteiger partial charge in [-0.25, -0.2) is 0 Å². The minimum Gasteiger partial charge on any atom is -0.457 e. The lowest BCUT2D eigenvalue weighted by Crippen LogP contribution is -1.96. The van der Waals surface area contributed by atoms with Gasteiger partial charge in [0.05, 0.1) is 6.61 Å². The van der Waals surface area contributed by atoms with Crippen molar-refractivity contribution in [1.82, 2.24) is 0 Å². The first kappa shape index (κ1) is 15.3. The van der Waals surface area contributed by atoms with E-state index < -0.39 is 0 Å². The van der Waals surface area contributed by atoms with Gasteiger partial charge in [-0.1, -0.05) is 19.1 Å². The predicted octanol–water partition coefficient (Wildman–Crippen LogP) is 4.26. The number of carbonyl (C=O) groups excluding carboxylic acids is 1. The minimum atomic E-state index is 0.143. The SMILES string of the molecule is CCC(=O)c1ccc(Oc2ccc(CCOC)cc2)cc1. The van der Waals surface area contributed by atoms with E-state index in [2.05, 4.69) is 0 Å². The number of hydrogen-bond acceptors (Lipinski definition) is 3. The summed E-state index contributed by atoms with van der Waals surface area (Å²) in [6.45, 7) is 2.57. The first-order valence-electron chi connectivity index (χ1n) is 7.12. The van der Waals surface area contributed by atoms with E-state index in [1.165, 1.54) is 5.56 Å². The number of hydrogen-bond donors (Lipinski definition) is 0. The fourth-order valence-electron chi connectivity index (χ4n) is 1.99. The van der Waals surface area contributed by atoms with E-state index in [1.807, 2.05) is 43.3 Å². The van der Waals surface area contributed by atoms with Crippen LogP contribution in [0, 0.1) is 0 Å². The van der Waals surface area contributed by atoms with Crippen molar-refractivity contribution < 1.29 is 14.3 Å². The molecule has 0 radical (unpaired) electrons. The molecule has 2 aromatic rings. The van der Waals surface area contributed by atoms with Crippen LogP contribution in [0.25, 0.3) is 0 Å². The molecule has 3 nitrogen and oxygen atoms in total. The van der Waals surface area contributed by atoms with Crippen LogP contribution >= 0.6 is 0 Å². The molecular weight excluding hydrogens is 264 g/mol. The van der Waals surface area contributed by atoms with Crippen LogP contribution < -0.4 is 4.74 Å². The Balaban J connectivity index is 1.99. The second-order valence-electron chi connectivity index (χ2n) is 4.79. The van der Waals surface area contributed by atoms with E-state index in [4.69, 9.17) is 9.47 Å². The Morgan fingerprint density at radius 3 is 2.05 bits per heavy atom. The van der Waals surface area contributed by atoms with Crippen LogP contribution in [0.3, 0.4) is 0 Å². The highest BCUT2D eigenvalue weighted by atomic mass is 16.5. The minimum absolute atomic E-state index is 0.143. The summed E-state index contributed by atoms with van der Waals surface area (Å²) >= 11 is 0. The lowest BCUT2D eigenvalue weighted by Gasteiger charge is -2.07. The number of methoxy groups -OCH3 is 1. The fourth-order valence-corrected chi connectivity index (χ4v) is 1.99. The monoisotopic (exact) mass is 284 g/mol. The average Bonchev–Trinajstić information content (AvgIpc) is 2.54. The van der Waals surface area contributed by atoms with Crippen molar-refractivity contribution in [3.8, 4) is 11.5 Å². The van der Waals surface area contributed by atoms with Crippen molar-refractivity contribution in [2.75, 3.05) is 13.7 Å². The number of benzene rings is 2. The van der Waals surface area contributed by atoms with Crippen molar-refractivity contribution >= 4 is 5.78 Å². The first-order valence-corrected chi connectivity index (χ1v) is 7.12. The van der Waals surface area contributed by atoms with E-state index in [9.17, 15) is 4.79 Å². The molecule has 2 aromatic carbocycles. The zero-order chi connectivity index (χ0) is 15.1. The van der Waals surface area contributed by atoms with E-state index in [-0.39, 0.29) is 5.78 Å². The van der Waals surface area contributed by atoms with Gasteiger partial charge in [-0.05, 0) is 48.4 Å². The highest BCUT2D eigenvalue weighted by molar-refractivity contribution is 5.95. The van der Waals surface area contributed by atoms with Crippen LogP contribution in [0.15, 0.2) is 48.5 Å². The molecule has 0 aliphatic rings. The number of rotatable bonds is 7. The molecule has 0 saturated heterocycles. The number of ether oxygens (including phenoxy) is 2. The van der Waals surface area contributed by atoms with Gasteiger partial charge in [0.25, 0.3) is 0 Å². The Kier molecular flexibility index (Phi) is 5.52. The fraction of sp³-hybridized carbons (Fsp3) is 0.278. The van der Waals surface area contributed by atoms with Crippen LogP contribution in [0.1, 0.15) is 29.3 Å². The molecule has 0 aliphatic heterocycles. The van der Waals surface area contributed by atoms with E-state index >= 15 is 0 Å². The van der Waals surface area contributed by atoms with E-state index in [0.29, 0.717) is 13.0 Å². The summed E-state index contributed by atoms with van der Waals surface area (Å²) in [5, 5.41) is 0. The summed E-state index contributed by atoms with van der Waals surface area (Å²) in [6, 6.07) is 15.2. The van der Waals surface area contributed by atoms with Crippen LogP contribution in [0.4, 0.5) is 0 Å². The van der Waals surface area contributed by atoms with Crippen molar-refractivity contribution in [3.05, 3.63) is 59.7 Å². The summed E-state index contributed by atoms with van der Waals surface area (Å²) in [4.78, 5) is 11.6. The molecule has 2 rings (SSSR count). The molecule has 110 valence electrons. The van der Waals surface area contributed by atoms with Crippen molar-refractivity contribution in [2.24, 2.45) is 0 Å². The van der Waals surface area contributed by atoms with Gasteiger partial charge in [-0.15, -0.1) is 0 Å². The molecule has 0 saturated carbocycles. The molecule has 0 bridgehead atoms. The molecule has 3 heteroatoms. The maximum absolute atomic E-state index is 11.6. The molecule has 0 aliphatic carbocycles. The molecule has 0 spiro atoms. The van der Waals surface area contributed by atoms with E-state index in [0.717, 1.165) is 23.5 Å². The van der Waals surface area contributed by atoms with Gasteiger partial charge in [0.1, 0.15) is 11.5 Å². The van der Waals surface area contributed by atoms with Gasteiger partial charge < -0.3 is 9.47 Å². The van der Waals surface area contributed by atoms with Crippen molar-refractivity contribution in [1.29, 1.82) is 0 Å². The Morgan fingerprint density at radius 1 is 0.952 bits per heavy atom. The summed E-state index contributed by atoms with van der Waals surface area (Å²) in [5.74, 6) is 1.65. The molecular formula is C18H20O3. The molecule has 0 fully saturated rings. The molecule has 0 unspecified atom stereocenters. The Hall–Kier alpha value is -2.13. The van der Waals surface area contributed by atoms with Crippen LogP contribution in [0.5, 0.6) is 11.5 Å². The number of Topliss-reactive ketones (excluding diaryl/α,β-unsaturated/α-hetero) is 1. The third kappa shape index (κ3) is 4.43. The molecule has 0 N–H and O–H groups in total. The summed E-state index contributed by atoms with van der Waals surface area (Å²) in [6.07, 6.45) is 1.41. The second-order valence-corrected chi connectivity index (χ2v) is 4.79. The zero-order valence-electron chi connectivity index (χ0n) is 12.5. The molecule has 0 amide bonds. The van der Waals surface area contributed by atoms with Gasteiger partial charge in [0.15, 0.2) is 5.78 Å². The van der Waals surface area contributed by atoms with Gasteiger partial charge in [-0.2, -0.15) is 0 Å². The maximum atomic E-state index is 11.6. The Bertz CT molecular complexity index is 570. The number of ketones is 1. The molecule has 0 heterocycles.